The summed E-state index contributed by atoms with van der Waals surface area (Å²) in [4.78, 5) is 33.3. The minimum atomic E-state index is -0.466. The third kappa shape index (κ3) is 4.65. The average Bonchev–Trinajstić information content (AvgIpc) is 2.61. The van der Waals surface area contributed by atoms with Crippen LogP contribution in [0.15, 0.2) is 24.3 Å². The van der Waals surface area contributed by atoms with Crippen molar-refractivity contribution in [1.29, 1.82) is 0 Å². The van der Waals surface area contributed by atoms with Gasteiger partial charge in [-0.3, -0.25) is 4.79 Å². The van der Waals surface area contributed by atoms with E-state index in [9.17, 15) is 9.59 Å². The topological polar surface area (TPSA) is 93.2 Å². The lowest BCUT2D eigenvalue weighted by molar-refractivity contribution is 0.0499. The molecule has 0 fully saturated rings. The van der Waals surface area contributed by atoms with Crippen LogP contribution < -0.4 is 15.4 Å². The minimum Gasteiger partial charge on any atom is -0.486 e. The molecule has 7 nitrogen and oxygen atoms in total. The smallest absolute Gasteiger partial charge is 0.319 e. The number of fused-ring (bicyclic) bond motifs is 1. The summed E-state index contributed by atoms with van der Waals surface area (Å²) in [5.74, 6) is 1.30. The Labute approximate surface area is 164 Å². The number of benzene rings is 1. The fraction of sp³-hybridized carbons (Fsp3) is 0.429. The molecule has 2 N–H and O–H groups in total. The molecule has 0 bridgehead atoms. The molecule has 1 aliphatic heterocycles. The molecule has 0 saturated carbocycles. The molecule has 2 amide bonds. The second-order valence-electron chi connectivity index (χ2n) is 7.41. The Kier molecular flexibility index (Phi) is 5.63. The number of Topliss-reactive ketones (excluding diaryl/α,β-unsaturated/α-hetero) is 1. The summed E-state index contributed by atoms with van der Waals surface area (Å²) < 4.78 is 5.97. The molecule has 7 heteroatoms. The van der Waals surface area contributed by atoms with Crippen LogP contribution in [0, 0.1) is 13.8 Å². The Morgan fingerprint density at radius 3 is 2.61 bits per heavy atom. The van der Waals surface area contributed by atoms with Gasteiger partial charge in [0.05, 0.1) is 12.0 Å². The largest absolute Gasteiger partial charge is 0.486 e. The summed E-state index contributed by atoms with van der Waals surface area (Å²) in [5.41, 5.74) is 2.41. The van der Waals surface area contributed by atoms with Gasteiger partial charge >= 0.3 is 6.03 Å². The molecule has 2 heterocycles. The SMILES string of the molecule is CC[C@@]1(C)CC(=O)c2cc(NC(=O)NCCc3nc(C)cc(C)n3)ccc2O1. The molecule has 28 heavy (non-hydrogen) atoms. The third-order valence-corrected chi connectivity index (χ3v) is 4.84. The van der Waals surface area contributed by atoms with Gasteiger partial charge in [0.15, 0.2) is 5.78 Å². The van der Waals surface area contributed by atoms with Crippen molar-refractivity contribution >= 4 is 17.5 Å². The van der Waals surface area contributed by atoms with Crippen molar-refractivity contribution in [2.45, 2.75) is 52.6 Å². The lowest BCUT2D eigenvalue weighted by atomic mass is 9.89. The summed E-state index contributed by atoms with van der Waals surface area (Å²) in [7, 11) is 0. The van der Waals surface area contributed by atoms with E-state index in [2.05, 4.69) is 20.6 Å². The molecule has 0 aliphatic carbocycles. The van der Waals surface area contributed by atoms with Crippen LogP contribution in [0.5, 0.6) is 5.75 Å². The molecule has 2 aromatic rings. The molecular weight excluding hydrogens is 356 g/mol. The highest BCUT2D eigenvalue weighted by Gasteiger charge is 2.35. The summed E-state index contributed by atoms with van der Waals surface area (Å²) >= 11 is 0. The predicted octanol–water partition coefficient (Wildman–Crippen LogP) is 3.59. The number of anilines is 1. The zero-order chi connectivity index (χ0) is 20.3. The van der Waals surface area contributed by atoms with Crippen LogP contribution >= 0.6 is 0 Å². The van der Waals surface area contributed by atoms with Crippen LogP contribution in [-0.2, 0) is 6.42 Å². The van der Waals surface area contributed by atoms with E-state index in [0.29, 0.717) is 42.2 Å². The third-order valence-electron chi connectivity index (χ3n) is 4.84. The number of carbonyl (C=O) groups excluding carboxylic acids is 2. The average molecular weight is 382 g/mol. The monoisotopic (exact) mass is 382 g/mol. The Morgan fingerprint density at radius 1 is 1.21 bits per heavy atom. The predicted molar refractivity (Wildman–Crippen MR) is 107 cm³/mol. The van der Waals surface area contributed by atoms with E-state index in [-0.39, 0.29) is 11.8 Å². The van der Waals surface area contributed by atoms with Gasteiger partial charge in [-0.15, -0.1) is 0 Å². The van der Waals surface area contributed by atoms with Crippen LogP contribution in [0.2, 0.25) is 0 Å². The molecule has 0 unspecified atom stereocenters. The van der Waals surface area contributed by atoms with Gasteiger partial charge in [-0.1, -0.05) is 6.92 Å². The Bertz CT molecular complexity index is 892. The summed E-state index contributed by atoms with van der Waals surface area (Å²) in [6.07, 6.45) is 1.63. The Morgan fingerprint density at radius 2 is 1.93 bits per heavy atom. The van der Waals surface area contributed by atoms with Crippen molar-refractivity contribution in [1.82, 2.24) is 15.3 Å². The lowest BCUT2D eigenvalue weighted by Crippen LogP contribution is -2.38. The molecule has 1 aromatic heterocycles. The van der Waals surface area contributed by atoms with Crippen molar-refractivity contribution in [2.75, 3.05) is 11.9 Å². The van der Waals surface area contributed by atoms with Crippen LogP contribution in [-0.4, -0.2) is 33.9 Å². The van der Waals surface area contributed by atoms with E-state index in [4.69, 9.17) is 4.74 Å². The molecule has 1 aromatic carbocycles. The Balaban J connectivity index is 1.58. The van der Waals surface area contributed by atoms with E-state index >= 15 is 0 Å². The Hall–Kier alpha value is -2.96. The minimum absolute atomic E-state index is 0.0293. The van der Waals surface area contributed by atoms with Crippen LogP contribution in [0.3, 0.4) is 0 Å². The second-order valence-corrected chi connectivity index (χ2v) is 7.41. The van der Waals surface area contributed by atoms with E-state index in [0.717, 1.165) is 17.8 Å². The standard InChI is InChI=1S/C21H26N4O3/c1-5-21(4)12-17(26)16-11-15(6-7-18(16)28-21)25-20(27)22-9-8-19-23-13(2)10-14(3)24-19/h6-7,10-11H,5,8-9,12H2,1-4H3,(H2,22,25,27)/t21-/m0/s1. The number of rotatable bonds is 5. The van der Waals surface area contributed by atoms with Crippen molar-refractivity contribution in [3.8, 4) is 5.75 Å². The number of aryl methyl sites for hydroxylation is 2. The molecule has 0 spiro atoms. The van der Waals surface area contributed by atoms with Gasteiger partial charge in [0.25, 0.3) is 0 Å². The number of hydrogen-bond donors (Lipinski definition) is 2. The van der Waals surface area contributed by atoms with Crippen LogP contribution in [0.25, 0.3) is 0 Å². The molecule has 1 aliphatic rings. The molecule has 148 valence electrons. The van der Waals surface area contributed by atoms with Crippen molar-refractivity contribution in [3.63, 3.8) is 0 Å². The number of ether oxygens (including phenoxy) is 1. The molecule has 0 radical (unpaired) electrons. The maximum atomic E-state index is 12.5. The highest BCUT2D eigenvalue weighted by molar-refractivity contribution is 6.02. The van der Waals surface area contributed by atoms with Gasteiger partial charge in [0, 0.05) is 30.0 Å². The van der Waals surface area contributed by atoms with Crippen LogP contribution in [0.1, 0.15) is 54.3 Å². The second kappa shape index (κ2) is 7.96. The van der Waals surface area contributed by atoms with E-state index < -0.39 is 5.60 Å². The number of aromatic nitrogens is 2. The molecule has 0 saturated heterocycles. The first kappa shape index (κ1) is 19.8. The number of ketones is 1. The van der Waals surface area contributed by atoms with Crippen molar-refractivity contribution in [3.05, 3.63) is 47.0 Å². The van der Waals surface area contributed by atoms with Crippen molar-refractivity contribution in [2.24, 2.45) is 0 Å². The first-order valence-electron chi connectivity index (χ1n) is 9.50. The highest BCUT2D eigenvalue weighted by Crippen LogP contribution is 2.36. The fourth-order valence-electron chi connectivity index (χ4n) is 3.22. The van der Waals surface area contributed by atoms with E-state index in [1.165, 1.54) is 0 Å². The summed E-state index contributed by atoms with van der Waals surface area (Å²) in [6.45, 7) is 8.19. The van der Waals surface area contributed by atoms with Crippen LogP contribution in [0.4, 0.5) is 10.5 Å². The van der Waals surface area contributed by atoms with Crippen molar-refractivity contribution < 1.29 is 14.3 Å². The zero-order valence-electron chi connectivity index (χ0n) is 16.8. The van der Waals surface area contributed by atoms with Gasteiger partial charge in [-0.05, 0) is 51.5 Å². The first-order valence-corrected chi connectivity index (χ1v) is 9.50. The number of nitrogens with zero attached hydrogens (tertiary/aromatic N) is 2. The van der Waals surface area contributed by atoms with Gasteiger partial charge in [-0.25, -0.2) is 14.8 Å². The quantitative estimate of drug-likeness (QED) is 0.824. The maximum Gasteiger partial charge on any atom is 0.319 e. The van der Waals surface area contributed by atoms with E-state index in [1.807, 2.05) is 33.8 Å². The molecule has 1 atom stereocenters. The van der Waals surface area contributed by atoms with E-state index in [1.54, 1.807) is 18.2 Å². The van der Waals surface area contributed by atoms with Gasteiger partial charge < -0.3 is 15.4 Å². The van der Waals surface area contributed by atoms with Gasteiger partial charge in [-0.2, -0.15) is 0 Å². The maximum absolute atomic E-state index is 12.5. The number of carbonyl (C=O) groups is 2. The number of hydrogen-bond acceptors (Lipinski definition) is 5. The normalized spacial score (nSPS) is 18.2. The number of amides is 2. The number of urea groups is 1. The first-order chi connectivity index (χ1) is 13.3. The zero-order valence-corrected chi connectivity index (χ0v) is 16.8. The molecular formula is C21H26N4O3. The van der Waals surface area contributed by atoms with Gasteiger partial charge in [0.2, 0.25) is 0 Å². The number of nitrogens with one attached hydrogen (secondary N) is 2. The lowest BCUT2D eigenvalue weighted by Gasteiger charge is -2.34. The summed E-state index contributed by atoms with van der Waals surface area (Å²) in [5, 5.41) is 5.54. The fourth-order valence-corrected chi connectivity index (χ4v) is 3.22. The highest BCUT2D eigenvalue weighted by atomic mass is 16.5. The molecule has 3 rings (SSSR count). The van der Waals surface area contributed by atoms with Gasteiger partial charge in [0.1, 0.15) is 17.2 Å². The summed E-state index contributed by atoms with van der Waals surface area (Å²) in [6, 6.07) is 6.71.